The standard InChI is InChI=1S/C5H3ClF3N3O2S/c6-3(10-13)2-4(12-14-11-2)15-1-5(7,8)9/h13H,1H2/b10-3-. The summed E-state index contributed by atoms with van der Waals surface area (Å²) in [5.41, 5.74) is -0.228. The molecule has 0 radical (unpaired) electrons. The second-order valence-corrected chi connectivity index (χ2v) is 3.53. The molecular weight excluding hydrogens is 259 g/mol. The fraction of sp³-hybridized carbons (Fsp3) is 0.400. The number of aromatic nitrogens is 2. The van der Waals surface area contributed by atoms with Gasteiger partial charge < -0.3 is 5.21 Å². The lowest BCUT2D eigenvalue weighted by molar-refractivity contribution is -0.105. The second kappa shape index (κ2) is 4.71. The molecule has 0 aliphatic carbocycles. The van der Waals surface area contributed by atoms with Gasteiger partial charge in [0.05, 0.1) is 5.75 Å². The first-order valence-electron chi connectivity index (χ1n) is 3.34. The fourth-order valence-electron chi connectivity index (χ4n) is 0.599. The molecule has 15 heavy (non-hydrogen) atoms. The lowest BCUT2D eigenvalue weighted by Crippen LogP contribution is -2.11. The number of hydrogen-bond acceptors (Lipinski definition) is 6. The number of halogens is 4. The second-order valence-electron chi connectivity index (χ2n) is 2.21. The smallest absolute Gasteiger partial charge is 0.398 e. The molecule has 0 saturated heterocycles. The van der Waals surface area contributed by atoms with Crippen LogP contribution in [0.5, 0.6) is 0 Å². The maximum atomic E-state index is 11.8. The van der Waals surface area contributed by atoms with Crippen LogP contribution in [0, 0.1) is 0 Å². The van der Waals surface area contributed by atoms with Gasteiger partial charge in [-0.2, -0.15) is 13.2 Å². The van der Waals surface area contributed by atoms with Crippen molar-refractivity contribution in [3.63, 3.8) is 0 Å². The van der Waals surface area contributed by atoms with Gasteiger partial charge in [-0.25, -0.2) is 4.63 Å². The van der Waals surface area contributed by atoms with Crippen molar-refractivity contribution in [2.24, 2.45) is 5.16 Å². The Labute approximate surface area is 90.2 Å². The first-order chi connectivity index (χ1) is 6.94. The molecule has 0 fully saturated rings. The normalized spacial score (nSPS) is 13.2. The third-order valence-corrected chi connectivity index (χ3v) is 2.38. The van der Waals surface area contributed by atoms with Crippen molar-refractivity contribution in [2.75, 3.05) is 5.75 Å². The molecule has 1 aromatic heterocycles. The van der Waals surface area contributed by atoms with Crippen molar-refractivity contribution in [1.29, 1.82) is 0 Å². The Balaban J connectivity index is 2.74. The zero-order valence-corrected chi connectivity index (χ0v) is 8.40. The minimum atomic E-state index is -4.34. The molecule has 0 atom stereocenters. The van der Waals surface area contributed by atoms with Crippen LogP contribution >= 0.6 is 23.4 Å². The SMILES string of the molecule is O/N=C(\Cl)c1nonc1SCC(F)(F)F. The van der Waals surface area contributed by atoms with Gasteiger partial charge in [-0.1, -0.05) is 28.5 Å². The number of oxime groups is 1. The van der Waals surface area contributed by atoms with E-state index in [0.29, 0.717) is 11.8 Å². The largest absolute Gasteiger partial charge is 0.410 e. The Morgan fingerprint density at radius 2 is 2.20 bits per heavy atom. The van der Waals surface area contributed by atoms with E-state index >= 15 is 0 Å². The third-order valence-electron chi connectivity index (χ3n) is 1.11. The summed E-state index contributed by atoms with van der Waals surface area (Å²) < 4.78 is 39.7. The molecule has 1 rings (SSSR count). The highest BCUT2D eigenvalue weighted by Crippen LogP contribution is 2.28. The summed E-state index contributed by atoms with van der Waals surface area (Å²) in [4.78, 5) is 0. The average Bonchev–Trinajstić information content (AvgIpc) is 2.60. The van der Waals surface area contributed by atoms with Gasteiger partial charge >= 0.3 is 6.18 Å². The number of rotatable bonds is 3. The monoisotopic (exact) mass is 261 g/mol. The van der Waals surface area contributed by atoms with Crippen LogP contribution in [0.1, 0.15) is 5.69 Å². The molecule has 0 saturated carbocycles. The van der Waals surface area contributed by atoms with Crippen LogP contribution in [-0.4, -0.2) is 32.6 Å². The summed E-state index contributed by atoms with van der Waals surface area (Å²) in [6.07, 6.45) is -4.34. The molecule has 0 amide bonds. The van der Waals surface area contributed by atoms with E-state index in [1.807, 2.05) is 0 Å². The molecule has 0 aliphatic rings. The number of alkyl halides is 3. The summed E-state index contributed by atoms with van der Waals surface area (Å²) in [6.45, 7) is 0. The average molecular weight is 262 g/mol. The summed E-state index contributed by atoms with van der Waals surface area (Å²) in [6, 6.07) is 0. The molecule has 0 unspecified atom stereocenters. The van der Waals surface area contributed by atoms with Gasteiger partial charge in [0.15, 0.2) is 15.9 Å². The van der Waals surface area contributed by atoms with E-state index in [0.717, 1.165) is 0 Å². The van der Waals surface area contributed by atoms with E-state index in [1.165, 1.54) is 0 Å². The van der Waals surface area contributed by atoms with E-state index in [-0.39, 0.29) is 10.7 Å². The van der Waals surface area contributed by atoms with Crippen molar-refractivity contribution in [2.45, 2.75) is 11.2 Å². The lowest BCUT2D eigenvalue weighted by Gasteiger charge is -2.02. The van der Waals surface area contributed by atoms with Gasteiger partial charge in [0, 0.05) is 0 Å². The fourth-order valence-corrected chi connectivity index (χ4v) is 1.44. The molecule has 1 N–H and O–H groups in total. The lowest BCUT2D eigenvalue weighted by atomic mass is 10.5. The maximum Gasteiger partial charge on any atom is 0.398 e. The van der Waals surface area contributed by atoms with Crippen LogP contribution in [0.3, 0.4) is 0 Å². The van der Waals surface area contributed by atoms with E-state index < -0.39 is 17.1 Å². The third kappa shape index (κ3) is 3.59. The van der Waals surface area contributed by atoms with Crippen LogP contribution in [-0.2, 0) is 0 Å². The Morgan fingerprint density at radius 1 is 1.53 bits per heavy atom. The molecule has 0 aromatic carbocycles. The summed E-state index contributed by atoms with van der Waals surface area (Å²) in [5.74, 6) is -1.16. The van der Waals surface area contributed by atoms with Crippen molar-refractivity contribution in [3.8, 4) is 0 Å². The van der Waals surface area contributed by atoms with Gasteiger partial charge in [-0.3, -0.25) is 0 Å². The number of hydrogen-bond donors (Lipinski definition) is 1. The highest BCUT2D eigenvalue weighted by molar-refractivity contribution is 7.99. The molecule has 0 aliphatic heterocycles. The molecule has 1 aromatic rings. The van der Waals surface area contributed by atoms with E-state index in [9.17, 15) is 13.2 Å². The van der Waals surface area contributed by atoms with Crippen LogP contribution < -0.4 is 0 Å². The van der Waals surface area contributed by atoms with Crippen LogP contribution in [0.2, 0.25) is 0 Å². The van der Waals surface area contributed by atoms with Crippen LogP contribution in [0.15, 0.2) is 14.8 Å². The van der Waals surface area contributed by atoms with Gasteiger partial charge in [0.25, 0.3) is 0 Å². The summed E-state index contributed by atoms with van der Waals surface area (Å²) >= 11 is 5.67. The molecule has 5 nitrogen and oxygen atoms in total. The minimum absolute atomic E-state index is 0.185. The van der Waals surface area contributed by atoms with Crippen molar-refractivity contribution in [1.82, 2.24) is 10.3 Å². The first kappa shape index (κ1) is 12.1. The minimum Gasteiger partial charge on any atom is -0.410 e. The number of thioether (sulfide) groups is 1. The van der Waals surface area contributed by atoms with E-state index in [4.69, 9.17) is 16.8 Å². The Hall–Kier alpha value is -0.960. The first-order valence-corrected chi connectivity index (χ1v) is 4.70. The molecule has 1 heterocycles. The molecular formula is C5H3ClF3N3O2S. The molecule has 84 valence electrons. The van der Waals surface area contributed by atoms with Gasteiger partial charge in [0.1, 0.15) is 0 Å². The quantitative estimate of drug-likeness (QED) is 0.390. The Morgan fingerprint density at radius 3 is 2.73 bits per heavy atom. The van der Waals surface area contributed by atoms with Gasteiger partial charge in [0.2, 0.25) is 0 Å². The molecule has 10 heteroatoms. The maximum absolute atomic E-state index is 11.8. The Bertz CT molecular complexity index is 367. The van der Waals surface area contributed by atoms with Gasteiger partial charge in [-0.05, 0) is 10.3 Å². The highest BCUT2D eigenvalue weighted by atomic mass is 35.5. The summed E-state index contributed by atoms with van der Waals surface area (Å²) in [5, 5.41) is 16.5. The van der Waals surface area contributed by atoms with Crippen molar-refractivity contribution in [3.05, 3.63) is 5.69 Å². The molecule has 0 spiro atoms. The van der Waals surface area contributed by atoms with E-state index in [1.54, 1.807) is 0 Å². The summed E-state index contributed by atoms with van der Waals surface area (Å²) in [7, 11) is 0. The zero-order valence-electron chi connectivity index (χ0n) is 6.82. The van der Waals surface area contributed by atoms with E-state index in [2.05, 4.69) is 20.1 Å². The van der Waals surface area contributed by atoms with Crippen molar-refractivity contribution >= 4 is 28.5 Å². The molecule has 0 bridgehead atoms. The predicted molar refractivity (Wildman–Crippen MR) is 45.3 cm³/mol. The zero-order chi connectivity index (χ0) is 11.5. The van der Waals surface area contributed by atoms with Crippen LogP contribution in [0.25, 0.3) is 0 Å². The highest BCUT2D eigenvalue weighted by Gasteiger charge is 2.29. The number of nitrogens with zero attached hydrogens (tertiary/aromatic N) is 3. The topological polar surface area (TPSA) is 71.5 Å². The predicted octanol–water partition coefficient (Wildman–Crippen LogP) is 2.10. The van der Waals surface area contributed by atoms with Crippen LogP contribution in [0.4, 0.5) is 13.2 Å². The van der Waals surface area contributed by atoms with Crippen molar-refractivity contribution < 1.29 is 23.0 Å². The van der Waals surface area contributed by atoms with Gasteiger partial charge in [-0.15, -0.1) is 0 Å². The Kier molecular flexibility index (Phi) is 3.80.